The fraction of sp³-hybridized carbons (Fsp3) is 0.565. The topological polar surface area (TPSA) is 62.6 Å². The van der Waals surface area contributed by atoms with Gasteiger partial charge in [-0.05, 0) is 55.4 Å². The number of nitrogens with zero attached hydrogens (tertiary/aromatic N) is 1. The largest absolute Gasteiger partial charge is 0.464 e. The number of piperidine rings is 1. The smallest absolute Gasteiger partial charge is 0.227 e. The molecule has 152 valence electrons. The lowest BCUT2D eigenvalue weighted by Gasteiger charge is -2.31. The van der Waals surface area contributed by atoms with Crippen LogP contribution in [0.3, 0.4) is 0 Å². The van der Waals surface area contributed by atoms with Crippen LogP contribution in [0.15, 0.2) is 22.8 Å². The quantitative estimate of drug-likeness (QED) is 0.813. The molecule has 5 nitrogen and oxygen atoms in total. The van der Waals surface area contributed by atoms with Gasteiger partial charge in [0.2, 0.25) is 11.8 Å². The number of furan rings is 1. The second kappa shape index (κ2) is 8.80. The fourth-order valence-corrected chi connectivity index (χ4v) is 4.06. The number of likely N-dealkylation sites (tertiary alicyclic amines) is 1. The van der Waals surface area contributed by atoms with E-state index in [0.717, 1.165) is 42.3 Å². The first kappa shape index (κ1) is 20.4. The van der Waals surface area contributed by atoms with Crippen molar-refractivity contribution in [1.82, 2.24) is 10.2 Å². The number of carbonyl (C=O) groups excluding carboxylic acids is 2. The second-order valence-electron chi connectivity index (χ2n) is 8.24. The van der Waals surface area contributed by atoms with Crippen molar-refractivity contribution in [2.24, 2.45) is 5.92 Å². The Kier molecular flexibility index (Phi) is 6.42. The molecule has 1 N–H and O–H groups in total. The Hall–Kier alpha value is -2.30. The third-order valence-corrected chi connectivity index (χ3v) is 5.77. The average Bonchev–Trinajstić information content (AvgIpc) is 3.06. The normalized spacial score (nSPS) is 15.4. The highest BCUT2D eigenvalue weighted by Crippen LogP contribution is 2.29. The van der Waals surface area contributed by atoms with Crippen LogP contribution in [0.4, 0.5) is 0 Å². The summed E-state index contributed by atoms with van der Waals surface area (Å²) in [6.07, 6.45) is 4.49. The summed E-state index contributed by atoms with van der Waals surface area (Å²) in [4.78, 5) is 26.8. The van der Waals surface area contributed by atoms with Gasteiger partial charge in [0.05, 0.1) is 12.7 Å². The Morgan fingerprint density at radius 2 is 1.96 bits per heavy atom. The van der Waals surface area contributed by atoms with E-state index in [1.54, 1.807) is 6.26 Å². The molecule has 28 heavy (non-hydrogen) atoms. The van der Waals surface area contributed by atoms with E-state index in [4.69, 9.17) is 4.42 Å². The number of rotatable bonds is 6. The van der Waals surface area contributed by atoms with Gasteiger partial charge < -0.3 is 14.6 Å². The standard InChI is InChI=1S/C23H32N2O3/c1-5-8-24-23(27)17-6-9-25(10-7-17)22(26)12-18-14-28-21-11-16(4)19(15(2)3)13-20(18)21/h11,13-15,17H,5-10,12H2,1-4H3,(H,24,27). The van der Waals surface area contributed by atoms with Crippen molar-refractivity contribution in [3.63, 3.8) is 0 Å². The minimum atomic E-state index is 0.0296. The van der Waals surface area contributed by atoms with Gasteiger partial charge in [-0.15, -0.1) is 0 Å². The van der Waals surface area contributed by atoms with Gasteiger partial charge in [-0.25, -0.2) is 0 Å². The van der Waals surface area contributed by atoms with Crippen LogP contribution < -0.4 is 5.32 Å². The lowest BCUT2D eigenvalue weighted by molar-refractivity contribution is -0.135. The Balaban J connectivity index is 1.64. The van der Waals surface area contributed by atoms with Crippen molar-refractivity contribution < 1.29 is 14.0 Å². The fourth-order valence-electron chi connectivity index (χ4n) is 4.06. The van der Waals surface area contributed by atoms with Gasteiger partial charge in [0.25, 0.3) is 0 Å². The van der Waals surface area contributed by atoms with Crippen LogP contribution in [0.5, 0.6) is 0 Å². The van der Waals surface area contributed by atoms with Crippen LogP contribution in [0.2, 0.25) is 0 Å². The Morgan fingerprint density at radius 3 is 2.61 bits per heavy atom. The van der Waals surface area contributed by atoms with Crippen LogP contribution in [0.1, 0.15) is 62.6 Å². The van der Waals surface area contributed by atoms with Gasteiger partial charge in [0.15, 0.2) is 0 Å². The average molecular weight is 385 g/mol. The number of carbonyl (C=O) groups is 2. The lowest BCUT2D eigenvalue weighted by Crippen LogP contribution is -2.43. The van der Waals surface area contributed by atoms with Crippen LogP contribution in [0.25, 0.3) is 11.0 Å². The van der Waals surface area contributed by atoms with E-state index in [9.17, 15) is 9.59 Å². The summed E-state index contributed by atoms with van der Waals surface area (Å²) in [6.45, 7) is 10.5. The molecule has 1 aliphatic heterocycles. The number of benzene rings is 1. The minimum Gasteiger partial charge on any atom is -0.464 e. The highest BCUT2D eigenvalue weighted by Gasteiger charge is 2.27. The first-order chi connectivity index (χ1) is 13.4. The zero-order valence-electron chi connectivity index (χ0n) is 17.5. The SMILES string of the molecule is CCCNC(=O)C1CCN(C(=O)Cc2coc3cc(C)c(C(C)C)cc23)CC1. The molecule has 0 atom stereocenters. The Morgan fingerprint density at radius 1 is 1.25 bits per heavy atom. The molecule has 0 radical (unpaired) electrons. The molecule has 1 aliphatic rings. The highest BCUT2D eigenvalue weighted by molar-refractivity contribution is 5.89. The molecule has 2 heterocycles. The summed E-state index contributed by atoms with van der Waals surface area (Å²) in [5, 5.41) is 4.01. The molecule has 5 heteroatoms. The van der Waals surface area contributed by atoms with Crippen molar-refractivity contribution in [1.29, 1.82) is 0 Å². The van der Waals surface area contributed by atoms with E-state index in [1.165, 1.54) is 11.1 Å². The summed E-state index contributed by atoms with van der Waals surface area (Å²) < 4.78 is 5.72. The number of hydrogen-bond donors (Lipinski definition) is 1. The van der Waals surface area contributed by atoms with Gasteiger partial charge >= 0.3 is 0 Å². The van der Waals surface area contributed by atoms with E-state index in [0.29, 0.717) is 25.4 Å². The molecule has 2 amide bonds. The summed E-state index contributed by atoms with van der Waals surface area (Å²) in [6, 6.07) is 4.24. The van der Waals surface area contributed by atoms with Crippen LogP contribution in [0, 0.1) is 12.8 Å². The molecule has 0 aliphatic carbocycles. The number of aryl methyl sites for hydroxylation is 1. The second-order valence-corrected chi connectivity index (χ2v) is 8.24. The summed E-state index contributed by atoms with van der Waals surface area (Å²) >= 11 is 0. The lowest BCUT2D eigenvalue weighted by atomic mass is 9.94. The summed E-state index contributed by atoms with van der Waals surface area (Å²) in [5.41, 5.74) is 4.31. The van der Waals surface area contributed by atoms with Gasteiger partial charge in [-0.1, -0.05) is 20.8 Å². The summed E-state index contributed by atoms with van der Waals surface area (Å²) in [5.74, 6) is 0.704. The van der Waals surface area contributed by atoms with Gasteiger partial charge in [-0.2, -0.15) is 0 Å². The molecule has 1 fully saturated rings. The first-order valence-corrected chi connectivity index (χ1v) is 10.5. The van der Waals surface area contributed by atoms with Crippen molar-refractivity contribution >= 4 is 22.8 Å². The van der Waals surface area contributed by atoms with E-state index in [2.05, 4.69) is 38.2 Å². The minimum absolute atomic E-state index is 0.0296. The van der Waals surface area contributed by atoms with E-state index in [1.807, 2.05) is 11.8 Å². The van der Waals surface area contributed by atoms with Crippen LogP contribution in [-0.2, 0) is 16.0 Å². The van der Waals surface area contributed by atoms with Crippen LogP contribution >= 0.6 is 0 Å². The van der Waals surface area contributed by atoms with Gasteiger partial charge in [-0.3, -0.25) is 9.59 Å². The molecular formula is C23H32N2O3. The summed E-state index contributed by atoms with van der Waals surface area (Å²) in [7, 11) is 0. The molecule has 0 unspecified atom stereocenters. The van der Waals surface area contributed by atoms with Gasteiger partial charge in [0.1, 0.15) is 5.58 Å². The predicted octanol–water partition coefficient (Wildman–Crippen LogP) is 4.17. The molecule has 1 aromatic heterocycles. The molecule has 0 spiro atoms. The van der Waals surface area contributed by atoms with E-state index >= 15 is 0 Å². The maximum atomic E-state index is 12.8. The van der Waals surface area contributed by atoms with Crippen molar-refractivity contribution in [3.8, 4) is 0 Å². The maximum Gasteiger partial charge on any atom is 0.227 e. The number of nitrogens with one attached hydrogen (secondary N) is 1. The van der Waals surface area contributed by atoms with Crippen molar-refractivity contribution in [2.75, 3.05) is 19.6 Å². The number of amides is 2. The number of fused-ring (bicyclic) bond motifs is 1. The van der Waals surface area contributed by atoms with Crippen molar-refractivity contribution in [2.45, 2.75) is 59.3 Å². The zero-order chi connectivity index (χ0) is 20.3. The molecule has 2 aromatic rings. The molecule has 0 saturated carbocycles. The maximum absolute atomic E-state index is 12.8. The van der Waals surface area contributed by atoms with Crippen LogP contribution in [-0.4, -0.2) is 36.3 Å². The molecule has 0 bridgehead atoms. The molecule has 3 rings (SSSR count). The molecule has 1 saturated heterocycles. The van der Waals surface area contributed by atoms with E-state index < -0.39 is 0 Å². The third kappa shape index (κ3) is 4.40. The Labute approximate surface area is 167 Å². The molecule has 1 aromatic carbocycles. The van der Waals surface area contributed by atoms with Crippen molar-refractivity contribution in [3.05, 3.63) is 35.1 Å². The third-order valence-electron chi connectivity index (χ3n) is 5.77. The first-order valence-electron chi connectivity index (χ1n) is 10.5. The van der Waals surface area contributed by atoms with Gasteiger partial charge in [0, 0.05) is 36.5 Å². The molecular weight excluding hydrogens is 352 g/mol. The zero-order valence-corrected chi connectivity index (χ0v) is 17.5. The predicted molar refractivity (Wildman–Crippen MR) is 111 cm³/mol. The van der Waals surface area contributed by atoms with E-state index in [-0.39, 0.29) is 17.7 Å². The monoisotopic (exact) mass is 384 g/mol. The highest BCUT2D eigenvalue weighted by atomic mass is 16.3. The number of hydrogen-bond acceptors (Lipinski definition) is 3. The Bertz CT molecular complexity index is 845.